The van der Waals surface area contributed by atoms with Crippen molar-refractivity contribution in [3.05, 3.63) is 49.6 Å². The SMILES string of the molecule is C=CCN(C)C(=O)[C@@H]1[C@H]2C(=O)N(CCCO)C(C(=O)N(CC=C)Cn3nnc4ccccc43)C23CC[C@@]1(C)O3. The number of likely N-dealkylation sites (N-methyl/N-ethyl adjacent to an activating group) is 1. The standard InChI is InChI=1S/C28H36N6O5/c1-5-14-31(4)24(36)21-22-25(37)33(16-9-17-35)23(28(22)13-12-27(21,3)39-28)26(38)32(15-6-2)18-34-20-11-8-7-10-19(20)29-30-34/h5-8,10-11,21-23,35H,1-2,9,12-18H2,3-4H3/t21-,22-,23?,27+,28?/m0/s1. The maximum atomic E-state index is 14.4. The Bertz CT molecular complexity index is 1310. The summed E-state index contributed by atoms with van der Waals surface area (Å²) in [5, 5.41) is 18.0. The number of rotatable bonds is 11. The molecule has 3 aliphatic rings. The van der Waals surface area contributed by atoms with Gasteiger partial charge < -0.3 is 24.5 Å². The van der Waals surface area contributed by atoms with Crippen molar-refractivity contribution in [1.82, 2.24) is 29.7 Å². The van der Waals surface area contributed by atoms with Gasteiger partial charge in [-0.2, -0.15) is 0 Å². The van der Waals surface area contributed by atoms with E-state index in [9.17, 15) is 19.5 Å². The average molecular weight is 537 g/mol. The number of aromatic nitrogens is 3. The van der Waals surface area contributed by atoms with Crippen molar-refractivity contribution < 1.29 is 24.2 Å². The van der Waals surface area contributed by atoms with E-state index >= 15 is 0 Å². The van der Waals surface area contributed by atoms with Gasteiger partial charge in [0, 0.05) is 33.3 Å². The summed E-state index contributed by atoms with van der Waals surface area (Å²) in [4.78, 5) is 46.8. The summed E-state index contributed by atoms with van der Waals surface area (Å²) < 4.78 is 8.32. The first-order valence-corrected chi connectivity index (χ1v) is 13.4. The van der Waals surface area contributed by atoms with E-state index in [1.54, 1.807) is 33.7 Å². The van der Waals surface area contributed by atoms with Crippen molar-refractivity contribution in [3.63, 3.8) is 0 Å². The average Bonchev–Trinajstić information content (AvgIpc) is 3.62. The summed E-state index contributed by atoms with van der Waals surface area (Å²) in [6, 6.07) is 6.53. The van der Waals surface area contributed by atoms with Crippen LogP contribution in [-0.2, 0) is 25.8 Å². The highest BCUT2D eigenvalue weighted by atomic mass is 16.5. The first kappa shape index (κ1) is 27.0. The van der Waals surface area contributed by atoms with Crippen LogP contribution in [0.15, 0.2) is 49.6 Å². The molecule has 3 aliphatic heterocycles. The van der Waals surface area contributed by atoms with E-state index in [0.29, 0.717) is 31.3 Å². The van der Waals surface area contributed by atoms with E-state index in [-0.39, 0.29) is 44.1 Å². The summed E-state index contributed by atoms with van der Waals surface area (Å²) in [5.74, 6) is -2.28. The number of ether oxygens (including phenoxy) is 1. The normalized spacial score (nSPS) is 29.1. The summed E-state index contributed by atoms with van der Waals surface area (Å²) in [5.41, 5.74) is -0.521. The first-order valence-electron chi connectivity index (χ1n) is 13.4. The third-order valence-electron chi connectivity index (χ3n) is 8.50. The lowest BCUT2D eigenvalue weighted by atomic mass is 9.66. The Hall–Kier alpha value is -3.57. The van der Waals surface area contributed by atoms with Gasteiger partial charge in [-0.15, -0.1) is 18.3 Å². The molecule has 1 aromatic heterocycles. The number of benzene rings is 1. The monoisotopic (exact) mass is 536 g/mol. The van der Waals surface area contributed by atoms with Crippen molar-refractivity contribution in [1.29, 1.82) is 0 Å². The lowest BCUT2D eigenvalue weighted by Gasteiger charge is -2.36. The van der Waals surface area contributed by atoms with E-state index in [2.05, 4.69) is 23.5 Å². The van der Waals surface area contributed by atoms with Crippen LogP contribution >= 0.6 is 0 Å². The van der Waals surface area contributed by atoms with E-state index < -0.39 is 29.1 Å². The highest BCUT2D eigenvalue weighted by Gasteiger charge is 2.78. The molecule has 208 valence electrons. The Kier molecular flexibility index (Phi) is 7.06. The molecular formula is C28H36N6O5. The number of aliphatic hydroxyl groups is 1. The van der Waals surface area contributed by atoms with E-state index in [4.69, 9.17) is 4.74 Å². The highest BCUT2D eigenvalue weighted by molar-refractivity contribution is 5.99. The predicted octanol–water partition coefficient (Wildman–Crippen LogP) is 1.19. The Labute approximate surface area is 227 Å². The van der Waals surface area contributed by atoms with Crippen LogP contribution in [0.3, 0.4) is 0 Å². The molecule has 2 unspecified atom stereocenters. The van der Waals surface area contributed by atoms with Crippen molar-refractivity contribution in [3.8, 4) is 0 Å². The number of nitrogens with zero attached hydrogens (tertiary/aromatic N) is 6. The fourth-order valence-electron chi connectivity index (χ4n) is 6.81. The molecule has 0 aliphatic carbocycles. The van der Waals surface area contributed by atoms with Crippen molar-refractivity contribution in [2.45, 2.75) is 50.1 Å². The number of carbonyl (C=O) groups is 3. The minimum Gasteiger partial charge on any atom is -0.396 e. The zero-order valence-corrected chi connectivity index (χ0v) is 22.5. The van der Waals surface area contributed by atoms with Gasteiger partial charge in [0.2, 0.25) is 17.7 Å². The van der Waals surface area contributed by atoms with Crippen LogP contribution in [0.2, 0.25) is 0 Å². The molecule has 5 rings (SSSR count). The van der Waals surface area contributed by atoms with Gasteiger partial charge in [0.1, 0.15) is 23.8 Å². The molecular weight excluding hydrogens is 500 g/mol. The summed E-state index contributed by atoms with van der Waals surface area (Å²) in [6.45, 7) is 10.2. The minimum absolute atomic E-state index is 0.104. The zero-order chi connectivity index (χ0) is 27.9. The number of aliphatic hydroxyl groups excluding tert-OH is 1. The number of likely N-dealkylation sites (tertiary alicyclic amines) is 1. The maximum absolute atomic E-state index is 14.4. The number of hydrogen-bond acceptors (Lipinski definition) is 7. The highest BCUT2D eigenvalue weighted by Crippen LogP contribution is 2.63. The number of para-hydroxylation sites is 1. The molecule has 11 heteroatoms. The molecule has 3 amide bonds. The summed E-state index contributed by atoms with van der Waals surface area (Å²) in [6.07, 6.45) is 4.62. The number of amides is 3. The van der Waals surface area contributed by atoms with Crippen LogP contribution in [0.5, 0.6) is 0 Å². The van der Waals surface area contributed by atoms with Gasteiger partial charge in [0.15, 0.2) is 0 Å². The molecule has 1 N–H and O–H groups in total. The third-order valence-corrected chi connectivity index (χ3v) is 8.50. The second-order valence-corrected chi connectivity index (χ2v) is 10.9. The van der Waals surface area contributed by atoms with Crippen LogP contribution in [-0.4, -0.2) is 103 Å². The fourth-order valence-corrected chi connectivity index (χ4v) is 6.81. The molecule has 1 spiro atoms. The molecule has 39 heavy (non-hydrogen) atoms. The molecule has 3 saturated heterocycles. The van der Waals surface area contributed by atoms with E-state index in [0.717, 1.165) is 5.52 Å². The second-order valence-electron chi connectivity index (χ2n) is 10.9. The molecule has 1 aromatic carbocycles. The Morgan fingerprint density at radius 3 is 2.67 bits per heavy atom. The largest absolute Gasteiger partial charge is 0.396 e. The van der Waals surface area contributed by atoms with Crippen LogP contribution < -0.4 is 0 Å². The fraction of sp³-hybridized carbons (Fsp3) is 0.536. The van der Waals surface area contributed by atoms with Gasteiger partial charge in [-0.05, 0) is 38.3 Å². The molecule has 11 nitrogen and oxygen atoms in total. The lowest BCUT2D eigenvalue weighted by Crippen LogP contribution is -2.56. The molecule has 0 radical (unpaired) electrons. The van der Waals surface area contributed by atoms with Gasteiger partial charge in [-0.1, -0.05) is 29.5 Å². The van der Waals surface area contributed by atoms with Gasteiger partial charge in [-0.3, -0.25) is 14.4 Å². The quantitative estimate of drug-likeness (QED) is 0.428. The number of fused-ring (bicyclic) bond motifs is 2. The van der Waals surface area contributed by atoms with Crippen LogP contribution in [0.4, 0.5) is 0 Å². The first-order chi connectivity index (χ1) is 18.7. The number of carbonyl (C=O) groups excluding carboxylic acids is 3. The Morgan fingerprint density at radius 1 is 1.21 bits per heavy atom. The smallest absolute Gasteiger partial charge is 0.250 e. The second kappa shape index (κ2) is 10.2. The third kappa shape index (κ3) is 4.15. The zero-order valence-electron chi connectivity index (χ0n) is 22.5. The van der Waals surface area contributed by atoms with Crippen molar-refractivity contribution >= 4 is 28.8 Å². The Morgan fingerprint density at radius 2 is 1.95 bits per heavy atom. The molecule has 2 bridgehead atoms. The number of hydrogen-bond donors (Lipinski definition) is 1. The molecule has 4 heterocycles. The minimum atomic E-state index is -1.14. The van der Waals surface area contributed by atoms with Gasteiger partial charge in [0.05, 0.1) is 23.0 Å². The summed E-state index contributed by atoms with van der Waals surface area (Å²) in [7, 11) is 1.69. The molecule has 2 aromatic rings. The molecule has 5 atom stereocenters. The lowest BCUT2D eigenvalue weighted by molar-refractivity contribution is -0.154. The van der Waals surface area contributed by atoms with Crippen molar-refractivity contribution in [2.24, 2.45) is 11.8 Å². The van der Waals surface area contributed by atoms with Gasteiger partial charge >= 0.3 is 0 Å². The summed E-state index contributed by atoms with van der Waals surface area (Å²) >= 11 is 0. The van der Waals surface area contributed by atoms with Crippen LogP contribution in [0, 0.1) is 11.8 Å². The van der Waals surface area contributed by atoms with Gasteiger partial charge in [0.25, 0.3) is 0 Å². The van der Waals surface area contributed by atoms with Crippen LogP contribution in [0.25, 0.3) is 11.0 Å². The van der Waals surface area contributed by atoms with Crippen molar-refractivity contribution in [2.75, 3.05) is 33.3 Å². The molecule has 3 fully saturated rings. The predicted molar refractivity (Wildman–Crippen MR) is 143 cm³/mol. The van der Waals surface area contributed by atoms with E-state index in [1.165, 1.54) is 4.90 Å². The topological polar surface area (TPSA) is 121 Å². The maximum Gasteiger partial charge on any atom is 0.250 e. The Balaban J connectivity index is 1.53. The van der Waals surface area contributed by atoms with E-state index in [1.807, 2.05) is 31.2 Å². The van der Waals surface area contributed by atoms with Gasteiger partial charge in [-0.25, -0.2) is 4.68 Å². The van der Waals surface area contributed by atoms with Crippen LogP contribution in [0.1, 0.15) is 26.2 Å². The molecule has 0 saturated carbocycles.